The number of aryl methyl sites for hydroxylation is 2. The first kappa shape index (κ1) is 20.1. The Morgan fingerprint density at radius 2 is 1.64 bits per heavy atom. The highest BCUT2D eigenvalue weighted by Crippen LogP contribution is 2.24. The highest BCUT2D eigenvalue weighted by Gasteiger charge is 2.34. The molecule has 2 aromatic rings. The molecule has 0 aliphatic carbocycles. The van der Waals surface area contributed by atoms with Crippen LogP contribution in [-0.4, -0.2) is 41.5 Å². The lowest BCUT2D eigenvalue weighted by Gasteiger charge is -2.13. The van der Waals surface area contributed by atoms with Crippen molar-refractivity contribution in [2.45, 2.75) is 31.6 Å². The van der Waals surface area contributed by atoms with E-state index in [1.807, 2.05) is 13.0 Å². The molecule has 0 fully saturated rings. The van der Waals surface area contributed by atoms with E-state index in [9.17, 15) is 14.4 Å². The molecular formula is C22H24N2O3S. The van der Waals surface area contributed by atoms with Crippen LogP contribution in [0.5, 0.6) is 0 Å². The third-order valence-corrected chi connectivity index (χ3v) is 5.64. The molecule has 3 rings (SSSR count). The van der Waals surface area contributed by atoms with Gasteiger partial charge in [-0.3, -0.25) is 19.3 Å². The van der Waals surface area contributed by atoms with Crippen molar-refractivity contribution in [3.8, 4) is 0 Å². The number of thioether (sulfide) groups is 1. The minimum atomic E-state index is -0.269. The SMILES string of the molecule is Cc1ccc(SCCNC(=O)CCCN2C(=O)c3ccc(C)cc3C2=O)cc1. The van der Waals surface area contributed by atoms with Gasteiger partial charge in [0.2, 0.25) is 5.91 Å². The van der Waals surface area contributed by atoms with Crippen LogP contribution in [0.2, 0.25) is 0 Å². The summed E-state index contributed by atoms with van der Waals surface area (Å²) in [6.07, 6.45) is 0.753. The molecule has 0 unspecified atom stereocenters. The van der Waals surface area contributed by atoms with Gasteiger partial charge < -0.3 is 5.32 Å². The maximum Gasteiger partial charge on any atom is 0.261 e. The minimum Gasteiger partial charge on any atom is -0.355 e. The van der Waals surface area contributed by atoms with E-state index in [-0.39, 0.29) is 24.3 Å². The van der Waals surface area contributed by atoms with Gasteiger partial charge in [0.05, 0.1) is 11.1 Å². The van der Waals surface area contributed by atoms with Gasteiger partial charge in [0.25, 0.3) is 11.8 Å². The number of nitrogens with one attached hydrogen (secondary N) is 1. The average Bonchev–Trinajstić information content (AvgIpc) is 2.91. The summed E-state index contributed by atoms with van der Waals surface area (Å²) in [5.74, 6) is 0.206. The van der Waals surface area contributed by atoms with Crippen molar-refractivity contribution >= 4 is 29.5 Å². The Kier molecular flexibility index (Phi) is 6.52. The maximum absolute atomic E-state index is 12.4. The molecule has 6 heteroatoms. The van der Waals surface area contributed by atoms with Crippen molar-refractivity contribution in [1.29, 1.82) is 0 Å². The monoisotopic (exact) mass is 396 g/mol. The lowest BCUT2D eigenvalue weighted by molar-refractivity contribution is -0.121. The van der Waals surface area contributed by atoms with Crippen LogP contribution in [0.3, 0.4) is 0 Å². The third-order valence-electron chi connectivity index (χ3n) is 4.63. The summed E-state index contributed by atoms with van der Waals surface area (Å²) in [4.78, 5) is 39.2. The highest BCUT2D eigenvalue weighted by molar-refractivity contribution is 7.99. The molecule has 1 aliphatic rings. The number of imide groups is 1. The number of fused-ring (bicyclic) bond motifs is 1. The van der Waals surface area contributed by atoms with Crippen LogP contribution in [-0.2, 0) is 4.79 Å². The molecule has 0 bridgehead atoms. The molecule has 3 amide bonds. The molecule has 146 valence electrons. The summed E-state index contributed by atoms with van der Waals surface area (Å²) in [6.45, 7) is 4.79. The summed E-state index contributed by atoms with van der Waals surface area (Å²) in [6, 6.07) is 13.6. The predicted octanol–water partition coefficient (Wildman–Crippen LogP) is 3.59. The zero-order valence-electron chi connectivity index (χ0n) is 16.2. The Bertz CT molecular complexity index is 893. The quantitative estimate of drug-likeness (QED) is 0.421. The Hall–Kier alpha value is -2.60. The first-order chi connectivity index (χ1) is 13.5. The first-order valence-electron chi connectivity index (χ1n) is 9.39. The summed E-state index contributed by atoms with van der Waals surface area (Å²) in [5.41, 5.74) is 3.09. The van der Waals surface area contributed by atoms with Gasteiger partial charge >= 0.3 is 0 Å². The fourth-order valence-electron chi connectivity index (χ4n) is 3.09. The van der Waals surface area contributed by atoms with Gasteiger partial charge in [-0.2, -0.15) is 0 Å². The van der Waals surface area contributed by atoms with E-state index in [0.717, 1.165) is 11.3 Å². The van der Waals surface area contributed by atoms with Crippen LogP contribution >= 0.6 is 11.8 Å². The molecule has 0 atom stereocenters. The smallest absolute Gasteiger partial charge is 0.261 e. The van der Waals surface area contributed by atoms with E-state index >= 15 is 0 Å². The van der Waals surface area contributed by atoms with Crippen LogP contribution < -0.4 is 5.32 Å². The van der Waals surface area contributed by atoms with Gasteiger partial charge in [-0.25, -0.2) is 0 Å². The molecule has 2 aromatic carbocycles. The summed E-state index contributed by atoms with van der Waals surface area (Å²) < 4.78 is 0. The van der Waals surface area contributed by atoms with Crippen molar-refractivity contribution in [3.05, 3.63) is 64.7 Å². The molecule has 1 aliphatic heterocycles. The van der Waals surface area contributed by atoms with E-state index in [1.165, 1.54) is 15.4 Å². The van der Waals surface area contributed by atoms with Gasteiger partial charge in [0.15, 0.2) is 0 Å². The number of amides is 3. The van der Waals surface area contributed by atoms with Crippen LogP contribution in [0.4, 0.5) is 0 Å². The van der Waals surface area contributed by atoms with E-state index in [0.29, 0.717) is 30.5 Å². The molecule has 0 saturated carbocycles. The lowest BCUT2D eigenvalue weighted by Crippen LogP contribution is -2.32. The molecule has 0 radical (unpaired) electrons. The number of hydrogen-bond acceptors (Lipinski definition) is 4. The van der Waals surface area contributed by atoms with Crippen molar-refractivity contribution < 1.29 is 14.4 Å². The normalized spacial score (nSPS) is 13.0. The number of nitrogens with zero attached hydrogens (tertiary/aromatic N) is 1. The van der Waals surface area contributed by atoms with E-state index in [2.05, 4.69) is 36.5 Å². The average molecular weight is 397 g/mol. The van der Waals surface area contributed by atoms with Crippen molar-refractivity contribution in [1.82, 2.24) is 10.2 Å². The van der Waals surface area contributed by atoms with E-state index < -0.39 is 0 Å². The summed E-state index contributed by atoms with van der Waals surface area (Å²) in [5, 5.41) is 2.89. The first-order valence-corrected chi connectivity index (χ1v) is 10.4. The van der Waals surface area contributed by atoms with Crippen molar-refractivity contribution in [3.63, 3.8) is 0 Å². The van der Waals surface area contributed by atoms with Crippen molar-refractivity contribution in [2.24, 2.45) is 0 Å². The van der Waals surface area contributed by atoms with Gasteiger partial charge in [-0.15, -0.1) is 11.8 Å². The molecule has 0 aromatic heterocycles. The lowest BCUT2D eigenvalue weighted by atomic mass is 10.1. The maximum atomic E-state index is 12.4. The molecule has 28 heavy (non-hydrogen) atoms. The molecular weight excluding hydrogens is 372 g/mol. The summed E-state index contributed by atoms with van der Waals surface area (Å²) >= 11 is 1.70. The van der Waals surface area contributed by atoms with Gasteiger partial charge in [-0.05, 0) is 44.5 Å². The third kappa shape index (κ3) is 4.81. The molecule has 5 nitrogen and oxygen atoms in total. The predicted molar refractivity (Wildman–Crippen MR) is 111 cm³/mol. The van der Waals surface area contributed by atoms with E-state index in [4.69, 9.17) is 0 Å². The Balaban J connectivity index is 1.37. The van der Waals surface area contributed by atoms with Gasteiger partial charge in [0.1, 0.15) is 0 Å². The highest BCUT2D eigenvalue weighted by atomic mass is 32.2. The van der Waals surface area contributed by atoms with Crippen LogP contribution in [0.15, 0.2) is 47.4 Å². The number of carbonyl (C=O) groups excluding carboxylic acids is 3. The second-order valence-corrected chi connectivity index (χ2v) is 8.09. The topological polar surface area (TPSA) is 66.5 Å². The molecule has 0 spiro atoms. The number of hydrogen-bond donors (Lipinski definition) is 1. The second-order valence-electron chi connectivity index (χ2n) is 6.93. The van der Waals surface area contributed by atoms with Gasteiger partial charge in [0, 0.05) is 30.2 Å². The zero-order chi connectivity index (χ0) is 20.1. The number of rotatable bonds is 8. The van der Waals surface area contributed by atoms with Gasteiger partial charge in [-0.1, -0.05) is 29.3 Å². The largest absolute Gasteiger partial charge is 0.355 e. The van der Waals surface area contributed by atoms with Crippen molar-refractivity contribution in [2.75, 3.05) is 18.8 Å². The molecule has 0 saturated heterocycles. The molecule has 1 N–H and O–H groups in total. The van der Waals surface area contributed by atoms with Crippen LogP contribution in [0, 0.1) is 13.8 Å². The van der Waals surface area contributed by atoms with Crippen LogP contribution in [0.25, 0.3) is 0 Å². The Morgan fingerprint density at radius 3 is 2.39 bits per heavy atom. The second kappa shape index (κ2) is 9.06. The number of benzene rings is 2. The Labute approximate surface area is 169 Å². The molecule has 1 heterocycles. The summed E-state index contributed by atoms with van der Waals surface area (Å²) in [7, 11) is 0. The Morgan fingerprint density at radius 1 is 0.964 bits per heavy atom. The minimum absolute atomic E-state index is 0.0584. The number of carbonyl (C=O) groups is 3. The fourth-order valence-corrected chi connectivity index (χ4v) is 3.86. The van der Waals surface area contributed by atoms with E-state index in [1.54, 1.807) is 23.9 Å². The van der Waals surface area contributed by atoms with Crippen LogP contribution in [0.1, 0.15) is 44.7 Å². The standard InChI is InChI=1S/C22H24N2O3S/c1-15-5-8-17(9-6-15)28-13-11-23-20(25)4-3-12-24-21(26)18-10-7-16(2)14-19(18)22(24)27/h5-10,14H,3-4,11-13H2,1-2H3,(H,23,25). The zero-order valence-corrected chi connectivity index (χ0v) is 17.0. The fraction of sp³-hybridized carbons (Fsp3) is 0.318.